The van der Waals surface area contributed by atoms with Crippen LogP contribution in [0.3, 0.4) is 0 Å². The molecule has 0 saturated carbocycles. The molecule has 0 aliphatic heterocycles. The van der Waals surface area contributed by atoms with Gasteiger partial charge in [0, 0.05) is 34.7 Å². The molecule has 0 saturated heterocycles. The quantitative estimate of drug-likeness (QED) is 0.392. The number of hydrogen-bond acceptors (Lipinski definition) is 4. The number of rotatable bonds is 5. The lowest BCUT2D eigenvalue weighted by molar-refractivity contribution is 0.381. The second-order valence-corrected chi connectivity index (χ2v) is 9.78. The first-order valence-electron chi connectivity index (χ1n) is 9.13. The minimum Gasteiger partial charge on any atom is -0.359 e. The lowest BCUT2D eigenvalue weighted by Crippen LogP contribution is -2.30. The Balaban J connectivity index is 1.87. The molecule has 0 fully saturated rings. The molecule has 2 aromatic carbocycles. The molecule has 0 aliphatic carbocycles. The Morgan fingerprint density at radius 1 is 1.07 bits per heavy atom. The zero-order chi connectivity index (χ0) is 21.6. The Morgan fingerprint density at radius 2 is 1.83 bits per heavy atom. The smallest absolute Gasteiger partial charge is 0.266 e. The molecule has 4 aromatic rings. The highest BCUT2D eigenvalue weighted by Crippen LogP contribution is 2.33. The van der Waals surface area contributed by atoms with Crippen LogP contribution in [0.1, 0.15) is 17.1 Å². The van der Waals surface area contributed by atoms with Gasteiger partial charge < -0.3 is 9.09 Å². The van der Waals surface area contributed by atoms with Crippen LogP contribution in [-0.4, -0.2) is 18.1 Å². The first-order valence-corrected chi connectivity index (χ1v) is 11.3. The van der Waals surface area contributed by atoms with Crippen LogP contribution in [0.2, 0.25) is 10.0 Å². The highest BCUT2D eigenvalue weighted by atomic mass is 35.5. The van der Waals surface area contributed by atoms with Gasteiger partial charge in [0.25, 0.3) is 10.0 Å². The van der Waals surface area contributed by atoms with E-state index in [1.165, 1.54) is 22.5 Å². The van der Waals surface area contributed by atoms with Gasteiger partial charge in [-0.05, 0) is 56.3 Å². The second-order valence-electron chi connectivity index (χ2n) is 7.11. The fraction of sp³-hybridized carbons (Fsp3) is 0.190. The van der Waals surface area contributed by atoms with Gasteiger partial charge in [-0.2, -0.15) is 0 Å². The van der Waals surface area contributed by atoms with Crippen molar-refractivity contribution in [3.05, 3.63) is 75.7 Å². The molecule has 0 amide bonds. The molecular formula is C21H19Cl2N3O3S. The molecule has 0 aliphatic rings. The van der Waals surface area contributed by atoms with Gasteiger partial charge >= 0.3 is 0 Å². The van der Waals surface area contributed by atoms with Gasteiger partial charge in [-0.1, -0.05) is 28.4 Å². The highest BCUT2D eigenvalue weighted by Gasteiger charge is 2.29. The van der Waals surface area contributed by atoms with Gasteiger partial charge in [-0.25, -0.2) is 8.42 Å². The van der Waals surface area contributed by atoms with Crippen LogP contribution in [0.5, 0.6) is 0 Å². The van der Waals surface area contributed by atoms with Gasteiger partial charge in [0.05, 0.1) is 22.9 Å². The Bertz CT molecular complexity index is 1360. The molecule has 156 valence electrons. The summed E-state index contributed by atoms with van der Waals surface area (Å²) in [6.45, 7) is 3.75. The van der Waals surface area contributed by atoms with E-state index in [0.29, 0.717) is 22.2 Å². The molecule has 0 spiro atoms. The molecule has 0 atom stereocenters. The Kier molecular flexibility index (Phi) is 5.30. The summed E-state index contributed by atoms with van der Waals surface area (Å²) in [6, 6.07) is 13.5. The van der Waals surface area contributed by atoms with Crippen molar-refractivity contribution in [3.8, 4) is 0 Å². The maximum absolute atomic E-state index is 13.6. The van der Waals surface area contributed by atoms with Crippen LogP contribution in [-0.2, 0) is 23.6 Å². The average Bonchev–Trinajstić information content (AvgIpc) is 3.21. The third-order valence-electron chi connectivity index (χ3n) is 4.99. The minimum atomic E-state index is -4.01. The summed E-state index contributed by atoms with van der Waals surface area (Å²) in [4.78, 5) is -0.0332. The Hall–Kier alpha value is -2.48. The molecule has 0 N–H and O–H groups in total. The molecule has 2 heterocycles. The first-order chi connectivity index (χ1) is 14.2. The van der Waals surface area contributed by atoms with E-state index in [4.69, 9.17) is 27.7 Å². The fourth-order valence-corrected chi connectivity index (χ4v) is 5.55. The predicted octanol–water partition coefficient (Wildman–Crippen LogP) is 5.49. The third kappa shape index (κ3) is 3.69. The number of hydrogen-bond donors (Lipinski definition) is 0. The van der Waals surface area contributed by atoms with E-state index in [1.54, 1.807) is 19.1 Å². The summed E-state index contributed by atoms with van der Waals surface area (Å²) in [5, 5.41) is 5.22. The minimum absolute atomic E-state index is 0.0283. The number of anilines is 1. The lowest BCUT2D eigenvalue weighted by atomic mass is 10.2. The van der Waals surface area contributed by atoms with Crippen molar-refractivity contribution in [1.82, 2.24) is 9.72 Å². The number of benzene rings is 2. The van der Waals surface area contributed by atoms with Gasteiger partial charge in [-0.3, -0.25) is 4.31 Å². The van der Waals surface area contributed by atoms with Crippen LogP contribution in [0.15, 0.2) is 57.9 Å². The Labute approximate surface area is 184 Å². The number of nitrogens with zero attached hydrogens (tertiary/aromatic N) is 3. The van der Waals surface area contributed by atoms with E-state index in [1.807, 2.05) is 36.7 Å². The highest BCUT2D eigenvalue weighted by molar-refractivity contribution is 7.93. The summed E-state index contributed by atoms with van der Waals surface area (Å²) in [5.41, 5.74) is 3.24. The summed E-state index contributed by atoms with van der Waals surface area (Å²) in [6.07, 6.45) is 0. The largest absolute Gasteiger partial charge is 0.359 e. The van der Waals surface area contributed by atoms with Gasteiger partial charge in [0.15, 0.2) is 5.76 Å². The average molecular weight is 464 g/mol. The van der Waals surface area contributed by atoms with Crippen molar-refractivity contribution in [2.75, 3.05) is 4.31 Å². The maximum atomic E-state index is 13.6. The van der Waals surface area contributed by atoms with Crippen molar-refractivity contribution < 1.29 is 12.9 Å². The van der Waals surface area contributed by atoms with E-state index in [-0.39, 0.29) is 16.5 Å². The summed E-state index contributed by atoms with van der Waals surface area (Å²) in [7, 11) is -2.05. The fourth-order valence-electron chi connectivity index (χ4n) is 3.38. The van der Waals surface area contributed by atoms with E-state index in [9.17, 15) is 8.42 Å². The zero-order valence-electron chi connectivity index (χ0n) is 16.6. The number of sulfonamides is 1. The van der Waals surface area contributed by atoms with Crippen molar-refractivity contribution in [2.45, 2.75) is 25.3 Å². The topological polar surface area (TPSA) is 68.3 Å². The molecule has 0 bridgehead atoms. The molecular weight excluding hydrogens is 445 g/mol. The summed E-state index contributed by atoms with van der Waals surface area (Å²) in [5.74, 6) is 0.422. The monoisotopic (exact) mass is 463 g/mol. The van der Waals surface area contributed by atoms with Crippen LogP contribution in [0.4, 0.5) is 5.69 Å². The molecule has 0 unspecified atom stereocenters. The predicted molar refractivity (Wildman–Crippen MR) is 119 cm³/mol. The van der Waals surface area contributed by atoms with Crippen LogP contribution in [0, 0.1) is 13.8 Å². The van der Waals surface area contributed by atoms with Crippen molar-refractivity contribution in [1.29, 1.82) is 0 Å². The second kappa shape index (κ2) is 7.65. The van der Waals surface area contributed by atoms with Gasteiger partial charge in [0.2, 0.25) is 0 Å². The molecule has 2 aromatic heterocycles. The van der Waals surface area contributed by atoms with Crippen molar-refractivity contribution in [3.63, 3.8) is 0 Å². The molecule has 0 radical (unpaired) electrons. The van der Waals surface area contributed by atoms with E-state index in [0.717, 1.165) is 16.6 Å². The first kappa shape index (κ1) is 20.8. The zero-order valence-corrected chi connectivity index (χ0v) is 18.9. The van der Waals surface area contributed by atoms with Crippen LogP contribution < -0.4 is 4.31 Å². The van der Waals surface area contributed by atoms with Gasteiger partial charge in [0.1, 0.15) is 4.90 Å². The van der Waals surface area contributed by atoms with E-state index < -0.39 is 10.0 Å². The molecule has 4 rings (SSSR count). The molecule has 30 heavy (non-hydrogen) atoms. The molecule has 6 nitrogen and oxygen atoms in total. The number of aromatic nitrogens is 2. The van der Waals surface area contributed by atoms with Crippen LogP contribution in [0.25, 0.3) is 10.9 Å². The maximum Gasteiger partial charge on any atom is 0.266 e. The standard InChI is InChI=1S/C21H19Cl2N3O3S/c1-13-8-18(29-24-13)12-26(30(27,28)21-7-4-16(22)11-19(21)23)17-5-6-20-15(10-17)9-14(2)25(20)3/h4-11H,12H2,1-3H3. The Morgan fingerprint density at radius 3 is 2.50 bits per heavy atom. The molecule has 9 heteroatoms. The third-order valence-corrected chi connectivity index (χ3v) is 7.48. The number of aryl methyl sites for hydroxylation is 3. The van der Waals surface area contributed by atoms with E-state index >= 15 is 0 Å². The normalized spacial score (nSPS) is 11.9. The SMILES string of the molecule is Cc1cc(CN(c2ccc3c(c2)cc(C)n3C)S(=O)(=O)c2ccc(Cl)cc2Cl)on1. The number of halogens is 2. The summed E-state index contributed by atoms with van der Waals surface area (Å²) < 4.78 is 35.8. The van der Waals surface area contributed by atoms with Crippen LogP contribution >= 0.6 is 23.2 Å². The van der Waals surface area contributed by atoms with E-state index in [2.05, 4.69) is 5.16 Å². The van der Waals surface area contributed by atoms with Gasteiger partial charge in [-0.15, -0.1) is 0 Å². The number of fused-ring (bicyclic) bond motifs is 1. The summed E-state index contributed by atoms with van der Waals surface area (Å²) >= 11 is 12.2. The lowest BCUT2D eigenvalue weighted by Gasteiger charge is -2.24. The van der Waals surface area contributed by atoms with Crippen molar-refractivity contribution in [2.24, 2.45) is 7.05 Å². The van der Waals surface area contributed by atoms with Crippen molar-refractivity contribution >= 4 is 49.8 Å².